The van der Waals surface area contributed by atoms with E-state index < -0.39 is 0 Å². The normalized spacial score (nSPS) is 20.5. The molecule has 1 fully saturated rings. The third-order valence-corrected chi connectivity index (χ3v) is 5.41. The molecule has 4 heteroatoms. The summed E-state index contributed by atoms with van der Waals surface area (Å²) in [7, 11) is 0. The van der Waals surface area contributed by atoms with Crippen LogP contribution in [0.25, 0.3) is 11.1 Å². The van der Waals surface area contributed by atoms with Gasteiger partial charge in [0, 0.05) is 35.6 Å². The molecule has 132 valence electrons. The SMILES string of the molecule is CC1Oc2cc(OCC(N)CC3CCCC3)ccc2-c2ccncc21. The van der Waals surface area contributed by atoms with Gasteiger partial charge in [0.1, 0.15) is 24.2 Å². The van der Waals surface area contributed by atoms with E-state index in [1.807, 2.05) is 30.6 Å². The molecule has 0 bridgehead atoms. The van der Waals surface area contributed by atoms with Crippen LogP contribution in [0.4, 0.5) is 0 Å². The second-order valence-corrected chi connectivity index (χ2v) is 7.34. The van der Waals surface area contributed by atoms with Crippen LogP contribution in [-0.4, -0.2) is 17.6 Å². The van der Waals surface area contributed by atoms with E-state index >= 15 is 0 Å². The highest BCUT2D eigenvalue weighted by Gasteiger charge is 2.23. The van der Waals surface area contributed by atoms with E-state index in [1.54, 1.807) is 0 Å². The number of rotatable bonds is 5. The van der Waals surface area contributed by atoms with E-state index in [-0.39, 0.29) is 12.1 Å². The summed E-state index contributed by atoms with van der Waals surface area (Å²) in [6, 6.07) is 8.21. The highest BCUT2D eigenvalue weighted by molar-refractivity contribution is 5.76. The molecule has 0 saturated heterocycles. The molecule has 25 heavy (non-hydrogen) atoms. The van der Waals surface area contributed by atoms with Crippen LogP contribution in [0.5, 0.6) is 11.5 Å². The van der Waals surface area contributed by atoms with Crippen molar-refractivity contribution in [2.75, 3.05) is 6.61 Å². The van der Waals surface area contributed by atoms with Crippen molar-refractivity contribution >= 4 is 0 Å². The predicted octanol–water partition coefficient (Wildman–Crippen LogP) is 4.49. The maximum atomic E-state index is 6.26. The van der Waals surface area contributed by atoms with Gasteiger partial charge in [0.15, 0.2) is 0 Å². The average molecular weight is 338 g/mol. The lowest BCUT2D eigenvalue weighted by Gasteiger charge is -2.26. The fraction of sp³-hybridized carbons (Fsp3) is 0.476. The van der Waals surface area contributed by atoms with Crippen molar-refractivity contribution in [2.45, 2.75) is 51.2 Å². The lowest BCUT2D eigenvalue weighted by atomic mass is 9.95. The maximum Gasteiger partial charge on any atom is 0.131 e. The largest absolute Gasteiger partial charge is 0.492 e. The van der Waals surface area contributed by atoms with Crippen LogP contribution in [0, 0.1) is 5.92 Å². The predicted molar refractivity (Wildman–Crippen MR) is 98.8 cm³/mol. The van der Waals surface area contributed by atoms with Crippen LogP contribution in [0.2, 0.25) is 0 Å². The van der Waals surface area contributed by atoms with E-state index in [0.29, 0.717) is 6.61 Å². The molecule has 1 saturated carbocycles. The summed E-state index contributed by atoms with van der Waals surface area (Å²) in [4.78, 5) is 4.21. The van der Waals surface area contributed by atoms with E-state index in [0.717, 1.165) is 35.0 Å². The van der Waals surface area contributed by atoms with Crippen molar-refractivity contribution in [3.8, 4) is 22.6 Å². The molecule has 2 N–H and O–H groups in total. The Hall–Kier alpha value is -2.07. The highest BCUT2D eigenvalue weighted by atomic mass is 16.5. The molecule has 4 rings (SSSR count). The lowest BCUT2D eigenvalue weighted by Crippen LogP contribution is -2.29. The molecule has 2 aliphatic rings. The third-order valence-electron chi connectivity index (χ3n) is 5.41. The molecule has 0 spiro atoms. The highest BCUT2D eigenvalue weighted by Crippen LogP contribution is 2.43. The van der Waals surface area contributed by atoms with Gasteiger partial charge >= 0.3 is 0 Å². The van der Waals surface area contributed by atoms with Crippen LogP contribution in [0.1, 0.15) is 50.7 Å². The standard InChI is InChI=1S/C21H26N2O2/c1-14-20-12-23-9-8-18(20)19-7-6-17(11-21(19)25-14)24-13-16(22)10-15-4-2-3-5-15/h6-9,11-12,14-16H,2-5,10,13,22H2,1H3. The van der Waals surface area contributed by atoms with Crippen molar-refractivity contribution in [1.82, 2.24) is 4.98 Å². The zero-order chi connectivity index (χ0) is 17.2. The van der Waals surface area contributed by atoms with Crippen LogP contribution in [0.3, 0.4) is 0 Å². The summed E-state index contributed by atoms with van der Waals surface area (Å²) in [5.74, 6) is 2.48. The fourth-order valence-electron chi connectivity index (χ4n) is 4.09. The van der Waals surface area contributed by atoms with Gasteiger partial charge in [0.05, 0.1) is 0 Å². The Bertz CT molecular complexity index is 740. The van der Waals surface area contributed by atoms with Crippen molar-refractivity contribution in [3.05, 3.63) is 42.2 Å². The first-order valence-electron chi connectivity index (χ1n) is 9.34. The number of pyridine rings is 1. The zero-order valence-electron chi connectivity index (χ0n) is 14.8. The van der Waals surface area contributed by atoms with E-state index in [1.165, 1.54) is 31.2 Å². The summed E-state index contributed by atoms with van der Waals surface area (Å²) in [6.45, 7) is 2.61. The minimum Gasteiger partial charge on any atom is -0.492 e. The van der Waals surface area contributed by atoms with Crippen LogP contribution < -0.4 is 15.2 Å². The zero-order valence-corrected chi connectivity index (χ0v) is 14.8. The van der Waals surface area contributed by atoms with Gasteiger partial charge in [0.25, 0.3) is 0 Å². The summed E-state index contributed by atoms with van der Waals surface area (Å²) in [6.07, 6.45) is 10.1. The number of nitrogens with zero attached hydrogens (tertiary/aromatic N) is 1. The molecular weight excluding hydrogens is 312 g/mol. The molecule has 0 amide bonds. The molecular formula is C21H26N2O2. The fourth-order valence-corrected chi connectivity index (χ4v) is 4.09. The Morgan fingerprint density at radius 3 is 2.92 bits per heavy atom. The molecule has 1 aromatic heterocycles. The maximum absolute atomic E-state index is 6.26. The molecule has 0 radical (unpaired) electrons. The van der Waals surface area contributed by atoms with Gasteiger partial charge in [-0.25, -0.2) is 0 Å². The van der Waals surface area contributed by atoms with Gasteiger partial charge in [-0.2, -0.15) is 0 Å². The topological polar surface area (TPSA) is 57.4 Å². The first-order chi connectivity index (χ1) is 12.2. The molecule has 2 atom stereocenters. The monoisotopic (exact) mass is 338 g/mol. The number of fused-ring (bicyclic) bond motifs is 3. The number of hydrogen-bond donors (Lipinski definition) is 1. The minimum atomic E-state index is -0.00364. The third kappa shape index (κ3) is 3.49. The second-order valence-electron chi connectivity index (χ2n) is 7.34. The summed E-state index contributed by atoms with van der Waals surface area (Å²) >= 11 is 0. The molecule has 1 aliphatic carbocycles. The second kappa shape index (κ2) is 7.04. The number of aromatic nitrogens is 1. The van der Waals surface area contributed by atoms with Gasteiger partial charge < -0.3 is 15.2 Å². The van der Waals surface area contributed by atoms with E-state index in [2.05, 4.69) is 18.0 Å². The Balaban J connectivity index is 1.44. The van der Waals surface area contributed by atoms with Gasteiger partial charge in [-0.05, 0) is 43.0 Å². The van der Waals surface area contributed by atoms with Crippen molar-refractivity contribution < 1.29 is 9.47 Å². The van der Waals surface area contributed by atoms with Crippen LogP contribution >= 0.6 is 0 Å². The summed E-state index contributed by atoms with van der Waals surface area (Å²) in [5.41, 5.74) is 9.67. The van der Waals surface area contributed by atoms with Gasteiger partial charge in [-0.1, -0.05) is 25.7 Å². The van der Waals surface area contributed by atoms with Gasteiger partial charge in [-0.3, -0.25) is 4.98 Å². The minimum absolute atomic E-state index is 0.00364. The first kappa shape index (κ1) is 16.4. The quantitative estimate of drug-likeness (QED) is 0.873. The number of hydrogen-bond acceptors (Lipinski definition) is 4. The van der Waals surface area contributed by atoms with E-state index in [4.69, 9.17) is 15.2 Å². The van der Waals surface area contributed by atoms with Gasteiger partial charge in [-0.15, -0.1) is 0 Å². The molecule has 2 heterocycles. The Morgan fingerprint density at radius 2 is 2.08 bits per heavy atom. The summed E-state index contributed by atoms with van der Waals surface area (Å²) < 4.78 is 12.0. The molecule has 4 nitrogen and oxygen atoms in total. The van der Waals surface area contributed by atoms with E-state index in [9.17, 15) is 0 Å². The molecule has 1 aliphatic heterocycles. The number of ether oxygens (including phenoxy) is 2. The van der Waals surface area contributed by atoms with Gasteiger partial charge in [0.2, 0.25) is 0 Å². The number of nitrogens with two attached hydrogens (primary N) is 1. The smallest absolute Gasteiger partial charge is 0.131 e. The first-order valence-corrected chi connectivity index (χ1v) is 9.34. The van der Waals surface area contributed by atoms with Crippen molar-refractivity contribution in [3.63, 3.8) is 0 Å². The molecule has 2 aromatic rings. The van der Waals surface area contributed by atoms with Crippen LogP contribution in [0.15, 0.2) is 36.7 Å². The van der Waals surface area contributed by atoms with Crippen molar-refractivity contribution in [1.29, 1.82) is 0 Å². The average Bonchev–Trinajstić information content (AvgIpc) is 3.13. The summed E-state index contributed by atoms with van der Waals surface area (Å²) in [5, 5.41) is 0. The Kier molecular flexibility index (Phi) is 4.62. The molecule has 2 unspecified atom stereocenters. The molecule has 1 aromatic carbocycles. The van der Waals surface area contributed by atoms with Crippen molar-refractivity contribution in [2.24, 2.45) is 11.7 Å². The van der Waals surface area contributed by atoms with Crippen LogP contribution in [-0.2, 0) is 0 Å². The Labute approximate surface area is 149 Å². The Morgan fingerprint density at radius 1 is 1.24 bits per heavy atom. The number of benzene rings is 1. The lowest BCUT2D eigenvalue weighted by molar-refractivity contribution is 0.219.